The summed E-state index contributed by atoms with van der Waals surface area (Å²) in [5.41, 5.74) is 0. The van der Waals surface area contributed by atoms with E-state index in [1.165, 1.54) is 0 Å². The van der Waals surface area contributed by atoms with Crippen LogP contribution in [-0.2, 0) is 0 Å². The quantitative estimate of drug-likeness (QED) is 0.563. The molecular weight excluding hydrogens is 140 g/mol. The molecule has 0 aromatic carbocycles. The first-order valence-electron chi connectivity index (χ1n) is 2.54. The van der Waals surface area contributed by atoms with Crippen LogP contribution in [0.3, 0.4) is 0 Å². The van der Waals surface area contributed by atoms with Crippen molar-refractivity contribution in [1.82, 2.24) is 9.03 Å². The Morgan fingerprint density at radius 3 is 2.88 bits per heavy atom. The summed E-state index contributed by atoms with van der Waals surface area (Å²) in [5, 5.41) is 3.89. The predicted octanol–water partition coefficient (Wildman–Crippen LogP) is 1.12. The molecule has 1 fully saturated rings. The van der Waals surface area contributed by atoms with Crippen LogP contribution >= 0.6 is 23.9 Å². The van der Waals surface area contributed by atoms with Gasteiger partial charge in [0.15, 0.2) is 0 Å². The fourth-order valence-corrected chi connectivity index (χ4v) is 2.15. The van der Waals surface area contributed by atoms with E-state index in [4.69, 9.17) is 0 Å². The molecule has 8 heavy (non-hydrogen) atoms. The molecule has 1 heterocycles. The molecule has 0 aromatic rings. The van der Waals surface area contributed by atoms with Crippen LogP contribution in [0.15, 0.2) is 0 Å². The lowest BCUT2D eigenvalue weighted by atomic mass is 10.7. The molecule has 0 bridgehead atoms. The third-order valence-corrected chi connectivity index (χ3v) is 3.08. The third kappa shape index (κ3) is 1.55. The standard InChI is InChI=1S/C4H10N2S2/c1-4-5-3-6(7-2)8-4/h4-5H,3H2,1-2H3. The highest BCUT2D eigenvalue weighted by molar-refractivity contribution is 8.12. The number of rotatable bonds is 1. The molecule has 0 saturated carbocycles. The monoisotopic (exact) mass is 150 g/mol. The Kier molecular flexibility index (Phi) is 2.49. The fraction of sp³-hybridized carbons (Fsp3) is 1.00. The molecule has 4 heteroatoms. The second-order valence-electron chi connectivity index (χ2n) is 1.63. The van der Waals surface area contributed by atoms with E-state index in [0.29, 0.717) is 5.37 Å². The van der Waals surface area contributed by atoms with Gasteiger partial charge in [-0.2, -0.15) is 3.71 Å². The topological polar surface area (TPSA) is 15.3 Å². The first kappa shape index (κ1) is 6.74. The Morgan fingerprint density at radius 1 is 1.88 bits per heavy atom. The van der Waals surface area contributed by atoms with Crippen LogP contribution in [0.4, 0.5) is 0 Å². The van der Waals surface area contributed by atoms with Gasteiger partial charge in [-0.15, -0.1) is 0 Å². The van der Waals surface area contributed by atoms with E-state index >= 15 is 0 Å². The van der Waals surface area contributed by atoms with Gasteiger partial charge in [0.05, 0.1) is 12.0 Å². The third-order valence-electron chi connectivity index (χ3n) is 0.987. The van der Waals surface area contributed by atoms with E-state index < -0.39 is 0 Å². The molecule has 1 unspecified atom stereocenters. The second kappa shape index (κ2) is 2.96. The Hall–Kier alpha value is 0.620. The van der Waals surface area contributed by atoms with Crippen molar-refractivity contribution in [3.8, 4) is 0 Å². The molecule has 1 aliphatic heterocycles. The summed E-state index contributed by atoms with van der Waals surface area (Å²) in [6.45, 7) is 3.17. The molecule has 1 N–H and O–H groups in total. The summed E-state index contributed by atoms with van der Waals surface area (Å²) < 4.78 is 2.23. The van der Waals surface area contributed by atoms with Crippen LogP contribution in [0.25, 0.3) is 0 Å². The van der Waals surface area contributed by atoms with E-state index in [9.17, 15) is 0 Å². The number of nitrogens with zero attached hydrogens (tertiary/aromatic N) is 1. The highest BCUT2D eigenvalue weighted by atomic mass is 32.2. The zero-order valence-corrected chi connectivity index (χ0v) is 6.68. The van der Waals surface area contributed by atoms with Crippen molar-refractivity contribution in [2.45, 2.75) is 12.3 Å². The van der Waals surface area contributed by atoms with Gasteiger partial charge in [0.25, 0.3) is 0 Å². The molecule has 1 rings (SSSR count). The molecule has 48 valence electrons. The summed E-state index contributed by atoms with van der Waals surface area (Å²) in [4.78, 5) is 0. The van der Waals surface area contributed by atoms with Crippen molar-refractivity contribution in [3.05, 3.63) is 0 Å². The minimum absolute atomic E-state index is 0.599. The number of nitrogens with one attached hydrogen (secondary N) is 1. The van der Waals surface area contributed by atoms with Crippen molar-refractivity contribution in [1.29, 1.82) is 0 Å². The van der Waals surface area contributed by atoms with Crippen molar-refractivity contribution in [2.75, 3.05) is 12.9 Å². The maximum atomic E-state index is 3.29. The van der Waals surface area contributed by atoms with E-state index in [1.807, 2.05) is 11.9 Å². The second-order valence-corrected chi connectivity index (χ2v) is 4.02. The summed E-state index contributed by atoms with van der Waals surface area (Å²) in [6, 6.07) is 0. The lowest BCUT2D eigenvalue weighted by Crippen LogP contribution is -2.17. The van der Waals surface area contributed by atoms with Crippen molar-refractivity contribution in [3.63, 3.8) is 0 Å². The SMILES string of the molecule is CSN1CNC(C)S1. The summed E-state index contributed by atoms with van der Waals surface area (Å²) in [5.74, 6) is 0. The Bertz CT molecular complexity index is 78.4. The predicted molar refractivity (Wildman–Crippen MR) is 40.4 cm³/mol. The highest BCUT2D eigenvalue weighted by Gasteiger charge is 2.16. The van der Waals surface area contributed by atoms with Crippen molar-refractivity contribution >= 4 is 23.9 Å². The van der Waals surface area contributed by atoms with E-state index in [2.05, 4.69) is 22.2 Å². The molecule has 0 amide bonds. The maximum absolute atomic E-state index is 3.29. The average Bonchev–Trinajstić information content (AvgIpc) is 2.14. The zero-order valence-electron chi connectivity index (χ0n) is 5.05. The van der Waals surface area contributed by atoms with Crippen LogP contribution in [0.2, 0.25) is 0 Å². The van der Waals surface area contributed by atoms with Gasteiger partial charge in [-0.1, -0.05) is 11.9 Å². The average molecular weight is 150 g/mol. The Labute approximate surface area is 58.7 Å². The molecule has 1 atom stereocenters. The lowest BCUT2D eigenvalue weighted by molar-refractivity contribution is 0.646. The van der Waals surface area contributed by atoms with Crippen LogP contribution in [0, 0.1) is 0 Å². The van der Waals surface area contributed by atoms with Crippen LogP contribution < -0.4 is 5.32 Å². The first-order chi connectivity index (χ1) is 3.83. The van der Waals surface area contributed by atoms with Crippen molar-refractivity contribution < 1.29 is 0 Å². The van der Waals surface area contributed by atoms with Gasteiger partial charge in [0, 0.05) is 0 Å². The van der Waals surface area contributed by atoms with Gasteiger partial charge < -0.3 is 0 Å². The largest absolute Gasteiger partial charge is 0.290 e. The molecule has 0 radical (unpaired) electrons. The van der Waals surface area contributed by atoms with Gasteiger partial charge in [-0.05, 0) is 25.1 Å². The summed E-state index contributed by atoms with van der Waals surface area (Å²) in [7, 11) is 0. The smallest absolute Gasteiger partial charge is 0.0702 e. The first-order valence-corrected chi connectivity index (χ1v) is 4.56. The molecular formula is C4H10N2S2. The molecule has 2 nitrogen and oxygen atoms in total. The molecule has 0 aliphatic carbocycles. The van der Waals surface area contributed by atoms with Crippen molar-refractivity contribution in [2.24, 2.45) is 0 Å². The van der Waals surface area contributed by atoms with Gasteiger partial charge in [-0.3, -0.25) is 5.32 Å². The fourth-order valence-electron chi connectivity index (χ4n) is 0.562. The minimum Gasteiger partial charge on any atom is -0.290 e. The van der Waals surface area contributed by atoms with Gasteiger partial charge in [-0.25, -0.2) is 0 Å². The van der Waals surface area contributed by atoms with Gasteiger partial charge in [0.1, 0.15) is 0 Å². The molecule has 1 saturated heterocycles. The normalized spacial score (nSPS) is 31.5. The lowest BCUT2D eigenvalue weighted by Gasteiger charge is -2.05. The molecule has 0 aromatic heterocycles. The van der Waals surface area contributed by atoms with E-state index in [0.717, 1.165) is 6.67 Å². The number of hydrogen-bond acceptors (Lipinski definition) is 4. The van der Waals surface area contributed by atoms with E-state index in [-0.39, 0.29) is 0 Å². The van der Waals surface area contributed by atoms with E-state index in [1.54, 1.807) is 11.9 Å². The van der Waals surface area contributed by atoms with Crippen LogP contribution in [0.1, 0.15) is 6.92 Å². The molecule has 0 spiro atoms. The maximum Gasteiger partial charge on any atom is 0.0702 e. The summed E-state index contributed by atoms with van der Waals surface area (Å²) >= 11 is 3.62. The highest BCUT2D eigenvalue weighted by Crippen LogP contribution is 2.25. The Morgan fingerprint density at radius 2 is 2.62 bits per heavy atom. The van der Waals surface area contributed by atoms with Crippen LogP contribution in [-0.4, -0.2) is 22.0 Å². The van der Waals surface area contributed by atoms with Crippen LogP contribution in [0.5, 0.6) is 0 Å². The van der Waals surface area contributed by atoms with Gasteiger partial charge >= 0.3 is 0 Å². The number of hydrogen-bond donors (Lipinski definition) is 1. The molecule has 1 aliphatic rings. The van der Waals surface area contributed by atoms with Gasteiger partial charge in [0.2, 0.25) is 0 Å². The Balaban J connectivity index is 2.22. The summed E-state index contributed by atoms with van der Waals surface area (Å²) in [6.07, 6.45) is 2.09. The zero-order chi connectivity index (χ0) is 5.98. The minimum atomic E-state index is 0.599.